The predicted molar refractivity (Wildman–Crippen MR) is 84.7 cm³/mol. The summed E-state index contributed by atoms with van der Waals surface area (Å²) in [6.07, 6.45) is 3.12. The van der Waals surface area contributed by atoms with Gasteiger partial charge < -0.3 is 10.2 Å². The SMILES string of the molecule is CCN(CC)c1ncc(C(=O)Nc2cccc(C)c2)cn1. The van der Waals surface area contributed by atoms with Gasteiger partial charge in [-0.1, -0.05) is 12.1 Å². The largest absolute Gasteiger partial charge is 0.341 e. The molecule has 0 aliphatic heterocycles. The Bertz CT molecular complexity index is 606. The molecule has 0 saturated heterocycles. The molecule has 0 saturated carbocycles. The topological polar surface area (TPSA) is 58.1 Å². The van der Waals surface area contributed by atoms with Gasteiger partial charge in [0.25, 0.3) is 5.91 Å². The molecule has 1 heterocycles. The van der Waals surface area contributed by atoms with Gasteiger partial charge in [-0.2, -0.15) is 0 Å². The van der Waals surface area contributed by atoms with Crippen LogP contribution in [0.4, 0.5) is 11.6 Å². The fourth-order valence-corrected chi connectivity index (χ4v) is 2.03. The molecule has 0 aliphatic rings. The van der Waals surface area contributed by atoms with Crippen LogP contribution in [0.1, 0.15) is 29.8 Å². The molecule has 2 aromatic rings. The number of benzene rings is 1. The molecule has 2 rings (SSSR count). The molecule has 5 nitrogen and oxygen atoms in total. The van der Waals surface area contributed by atoms with Gasteiger partial charge in [0.2, 0.25) is 5.95 Å². The van der Waals surface area contributed by atoms with E-state index in [1.807, 2.05) is 49.9 Å². The third kappa shape index (κ3) is 3.78. The van der Waals surface area contributed by atoms with E-state index in [0.717, 1.165) is 24.3 Å². The first-order valence-electron chi connectivity index (χ1n) is 7.09. The Morgan fingerprint density at radius 1 is 1.19 bits per heavy atom. The number of anilines is 2. The molecule has 1 aromatic heterocycles. The van der Waals surface area contributed by atoms with Crippen LogP contribution in [0, 0.1) is 6.92 Å². The van der Waals surface area contributed by atoms with Crippen molar-refractivity contribution in [3.05, 3.63) is 47.8 Å². The van der Waals surface area contributed by atoms with E-state index < -0.39 is 0 Å². The van der Waals surface area contributed by atoms with Crippen molar-refractivity contribution in [1.82, 2.24) is 9.97 Å². The summed E-state index contributed by atoms with van der Waals surface area (Å²) in [6, 6.07) is 7.67. The summed E-state index contributed by atoms with van der Waals surface area (Å²) in [5, 5.41) is 2.84. The number of carbonyl (C=O) groups excluding carboxylic acids is 1. The van der Waals surface area contributed by atoms with Crippen molar-refractivity contribution in [3.8, 4) is 0 Å². The van der Waals surface area contributed by atoms with Gasteiger partial charge in [-0.25, -0.2) is 9.97 Å². The van der Waals surface area contributed by atoms with Gasteiger partial charge in [0.1, 0.15) is 0 Å². The number of hydrogen-bond acceptors (Lipinski definition) is 4. The summed E-state index contributed by atoms with van der Waals surface area (Å²) in [6.45, 7) is 7.75. The molecule has 0 radical (unpaired) electrons. The number of hydrogen-bond donors (Lipinski definition) is 1. The molecule has 1 aromatic carbocycles. The summed E-state index contributed by atoms with van der Waals surface area (Å²) in [7, 11) is 0. The molecule has 0 aliphatic carbocycles. The molecule has 0 fully saturated rings. The minimum atomic E-state index is -0.202. The Balaban J connectivity index is 2.09. The van der Waals surface area contributed by atoms with Gasteiger partial charge in [-0.05, 0) is 38.5 Å². The van der Waals surface area contributed by atoms with Crippen LogP contribution in [0.5, 0.6) is 0 Å². The van der Waals surface area contributed by atoms with E-state index in [1.54, 1.807) is 12.4 Å². The molecule has 0 bridgehead atoms. The van der Waals surface area contributed by atoms with Crippen LogP contribution < -0.4 is 10.2 Å². The third-order valence-corrected chi connectivity index (χ3v) is 3.22. The van der Waals surface area contributed by atoms with Crippen molar-refractivity contribution in [2.45, 2.75) is 20.8 Å². The van der Waals surface area contributed by atoms with E-state index in [-0.39, 0.29) is 5.91 Å². The fourth-order valence-electron chi connectivity index (χ4n) is 2.03. The Hall–Kier alpha value is -2.43. The maximum absolute atomic E-state index is 12.1. The maximum atomic E-state index is 12.1. The van der Waals surface area contributed by atoms with E-state index in [4.69, 9.17) is 0 Å². The normalized spacial score (nSPS) is 10.2. The van der Waals surface area contributed by atoms with Crippen molar-refractivity contribution in [3.63, 3.8) is 0 Å². The van der Waals surface area contributed by atoms with Gasteiger partial charge >= 0.3 is 0 Å². The number of amides is 1. The highest BCUT2D eigenvalue weighted by Crippen LogP contribution is 2.12. The minimum Gasteiger partial charge on any atom is -0.341 e. The Morgan fingerprint density at radius 3 is 2.43 bits per heavy atom. The van der Waals surface area contributed by atoms with Crippen molar-refractivity contribution in [2.24, 2.45) is 0 Å². The minimum absolute atomic E-state index is 0.202. The van der Waals surface area contributed by atoms with Crippen molar-refractivity contribution in [1.29, 1.82) is 0 Å². The summed E-state index contributed by atoms with van der Waals surface area (Å²) in [4.78, 5) is 22.7. The number of rotatable bonds is 5. The van der Waals surface area contributed by atoms with E-state index >= 15 is 0 Å². The monoisotopic (exact) mass is 284 g/mol. The second kappa shape index (κ2) is 6.83. The van der Waals surface area contributed by atoms with Crippen LogP contribution >= 0.6 is 0 Å². The first kappa shape index (κ1) is 15.0. The molecular weight excluding hydrogens is 264 g/mol. The average molecular weight is 284 g/mol. The second-order valence-electron chi connectivity index (χ2n) is 4.77. The molecular formula is C16H20N4O. The van der Waals surface area contributed by atoms with Crippen LogP contribution in [-0.4, -0.2) is 29.0 Å². The number of aromatic nitrogens is 2. The van der Waals surface area contributed by atoms with E-state index in [0.29, 0.717) is 11.5 Å². The van der Waals surface area contributed by atoms with E-state index in [9.17, 15) is 4.79 Å². The van der Waals surface area contributed by atoms with Crippen molar-refractivity contribution < 1.29 is 4.79 Å². The zero-order valence-electron chi connectivity index (χ0n) is 12.6. The second-order valence-corrected chi connectivity index (χ2v) is 4.77. The smallest absolute Gasteiger partial charge is 0.258 e. The lowest BCUT2D eigenvalue weighted by Gasteiger charge is -2.18. The predicted octanol–water partition coefficient (Wildman–Crippen LogP) is 2.88. The van der Waals surface area contributed by atoms with Crippen LogP contribution in [-0.2, 0) is 0 Å². The highest BCUT2D eigenvalue weighted by atomic mass is 16.1. The molecule has 110 valence electrons. The number of nitrogens with one attached hydrogen (secondary N) is 1. The third-order valence-electron chi connectivity index (χ3n) is 3.22. The average Bonchev–Trinajstić information content (AvgIpc) is 2.49. The van der Waals surface area contributed by atoms with Crippen LogP contribution in [0.25, 0.3) is 0 Å². The van der Waals surface area contributed by atoms with Crippen molar-refractivity contribution in [2.75, 3.05) is 23.3 Å². The summed E-state index contributed by atoms with van der Waals surface area (Å²) >= 11 is 0. The highest BCUT2D eigenvalue weighted by Gasteiger charge is 2.10. The quantitative estimate of drug-likeness (QED) is 0.917. The lowest BCUT2D eigenvalue weighted by Crippen LogP contribution is -2.24. The first-order valence-corrected chi connectivity index (χ1v) is 7.09. The number of carbonyl (C=O) groups is 1. The lowest BCUT2D eigenvalue weighted by atomic mass is 10.2. The standard InChI is InChI=1S/C16H20N4O/c1-4-20(5-2)16-17-10-13(11-18-16)15(21)19-14-8-6-7-12(3)9-14/h6-11H,4-5H2,1-3H3,(H,19,21). The molecule has 1 amide bonds. The van der Waals surface area contributed by atoms with Gasteiger partial charge in [-0.3, -0.25) is 4.79 Å². The molecule has 1 N–H and O–H groups in total. The maximum Gasteiger partial charge on any atom is 0.258 e. The molecule has 5 heteroatoms. The van der Waals surface area contributed by atoms with Gasteiger partial charge in [-0.15, -0.1) is 0 Å². The molecule has 0 unspecified atom stereocenters. The highest BCUT2D eigenvalue weighted by molar-refractivity contribution is 6.03. The summed E-state index contributed by atoms with van der Waals surface area (Å²) in [5.41, 5.74) is 2.32. The Kier molecular flexibility index (Phi) is 4.87. The zero-order chi connectivity index (χ0) is 15.2. The van der Waals surface area contributed by atoms with Crippen molar-refractivity contribution >= 4 is 17.5 Å². The fraction of sp³-hybridized carbons (Fsp3) is 0.312. The zero-order valence-corrected chi connectivity index (χ0v) is 12.6. The number of nitrogens with zero attached hydrogens (tertiary/aromatic N) is 3. The van der Waals surface area contributed by atoms with Crippen LogP contribution in [0.2, 0.25) is 0 Å². The Morgan fingerprint density at radius 2 is 1.86 bits per heavy atom. The molecule has 21 heavy (non-hydrogen) atoms. The Labute approximate surface area is 125 Å². The summed E-state index contributed by atoms with van der Waals surface area (Å²) < 4.78 is 0. The van der Waals surface area contributed by atoms with Gasteiger partial charge in [0, 0.05) is 31.2 Å². The van der Waals surface area contributed by atoms with Crippen LogP contribution in [0.15, 0.2) is 36.7 Å². The lowest BCUT2D eigenvalue weighted by molar-refractivity contribution is 0.102. The van der Waals surface area contributed by atoms with E-state index in [1.165, 1.54) is 0 Å². The molecule has 0 atom stereocenters. The van der Waals surface area contributed by atoms with Gasteiger partial charge in [0.05, 0.1) is 5.56 Å². The molecule has 0 spiro atoms. The van der Waals surface area contributed by atoms with E-state index in [2.05, 4.69) is 15.3 Å². The summed E-state index contributed by atoms with van der Waals surface area (Å²) in [5.74, 6) is 0.443. The number of aryl methyl sites for hydroxylation is 1. The van der Waals surface area contributed by atoms with Crippen LogP contribution in [0.3, 0.4) is 0 Å². The first-order chi connectivity index (χ1) is 10.1. The van der Waals surface area contributed by atoms with Gasteiger partial charge in [0.15, 0.2) is 0 Å².